The predicted molar refractivity (Wildman–Crippen MR) is 153 cm³/mol. The van der Waals surface area contributed by atoms with Crippen molar-refractivity contribution < 1.29 is 9.53 Å². The fourth-order valence-corrected chi connectivity index (χ4v) is 4.42. The van der Waals surface area contributed by atoms with Crippen LogP contribution in [0.15, 0.2) is 60.7 Å². The molecule has 6 nitrogen and oxygen atoms in total. The number of carbonyl (C=O) groups excluding carboxylic acids is 1. The van der Waals surface area contributed by atoms with E-state index in [4.69, 9.17) is 16.3 Å². The summed E-state index contributed by atoms with van der Waals surface area (Å²) in [5.74, 6) is 1.57. The molecule has 2 N–H and O–H groups in total. The van der Waals surface area contributed by atoms with Gasteiger partial charge in [0.05, 0.1) is 6.61 Å². The van der Waals surface area contributed by atoms with Crippen molar-refractivity contribution in [1.29, 1.82) is 0 Å². The Hall–Kier alpha value is -2.64. The monoisotopic (exact) mass is 542 g/mol. The topological polar surface area (TPSA) is 66.5 Å². The minimum atomic E-state index is -0.176. The van der Waals surface area contributed by atoms with E-state index in [1.807, 2.05) is 54.6 Å². The van der Waals surface area contributed by atoms with Crippen molar-refractivity contribution >= 4 is 35.7 Å². The number of pyridine rings is 1. The molecule has 0 bridgehead atoms. The smallest absolute Gasteiger partial charge is 0.256 e. The highest BCUT2D eigenvalue weighted by Gasteiger charge is 2.18. The van der Waals surface area contributed by atoms with Crippen LogP contribution in [0.25, 0.3) is 0 Å². The number of hydrogen-bond donors (Lipinski definition) is 2. The molecule has 3 aromatic rings. The number of benzene rings is 2. The van der Waals surface area contributed by atoms with E-state index in [0.29, 0.717) is 41.4 Å². The second-order valence-electron chi connectivity index (χ2n) is 9.82. The number of rotatable bonds is 9. The summed E-state index contributed by atoms with van der Waals surface area (Å²) in [7, 11) is 0. The molecule has 1 unspecified atom stereocenters. The van der Waals surface area contributed by atoms with E-state index in [-0.39, 0.29) is 18.3 Å². The van der Waals surface area contributed by atoms with Gasteiger partial charge in [0.25, 0.3) is 5.91 Å². The summed E-state index contributed by atoms with van der Waals surface area (Å²) in [4.78, 5) is 20.0. The molecule has 0 aliphatic carbocycles. The number of hydrogen-bond acceptors (Lipinski definition) is 5. The lowest BCUT2D eigenvalue weighted by atomic mass is 10.1. The first kappa shape index (κ1) is 28.9. The van der Waals surface area contributed by atoms with Crippen LogP contribution in [-0.2, 0) is 13.0 Å². The van der Waals surface area contributed by atoms with Crippen molar-refractivity contribution in [2.75, 3.05) is 31.6 Å². The highest BCUT2D eigenvalue weighted by Crippen LogP contribution is 2.26. The lowest BCUT2D eigenvalue weighted by Crippen LogP contribution is -2.49. The Labute approximate surface area is 231 Å². The van der Waals surface area contributed by atoms with Crippen LogP contribution >= 0.6 is 24.0 Å². The first-order valence-corrected chi connectivity index (χ1v) is 13.0. The Morgan fingerprint density at radius 2 is 1.97 bits per heavy atom. The molecule has 1 aliphatic rings. The zero-order valence-corrected chi connectivity index (χ0v) is 23.2. The number of anilines is 1. The molecule has 37 heavy (non-hydrogen) atoms. The second kappa shape index (κ2) is 13.8. The minimum Gasteiger partial charge on any atom is -0.493 e. The zero-order chi connectivity index (χ0) is 25.5. The highest BCUT2D eigenvalue weighted by atomic mass is 35.5. The molecule has 0 radical (unpaired) electrons. The average Bonchev–Trinajstić information content (AvgIpc) is 2.85. The first-order chi connectivity index (χ1) is 17.4. The molecule has 8 heteroatoms. The van der Waals surface area contributed by atoms with Crippen LogP contribution in [0.1, 0.15) is 48.0 Å². The Morgan fingerprint density at radius 1 is 1.19 bits per heavy atom. The van der Waals surface area contributed by atoms with Crippen LogP contribution in [0.2, 0.25) is 5.02 Å². The third-order valence-corrected chi connectivity index (χ3v) is 6.49. The van der Waals surface area contributed by atoms with Crippen LogP contribution in [0.4, 0.5) is 5.82 Å². The third kappa shape index (κ3) is 8.44. The van der Waals surface area contributed by atoms with Crippen LogP contribution in [0.3, 0.4) is 0 Å². The van der Waals surface area contributed by atoms with E-state index >= 15 is 0 Å². The maximum atomic E-state index is 12.9. The molecule has 4 rings (SSSR count). The fraction of sp³-hybridized carbons (Fsp3) is 0.379. The number of carbonyl (C=O) groups is 1. The maximum Gasteiger partial charge on any atom is 0.256 e. The number of nitrogens with zero attached hydrogens (tertiary/aromatic N) is 2. The van der Waals surface area contributed by atoms with Crippen molar-refractivity contribution in [1.82, 2.24) is 15.2 Å². The third-order valence-electron chi connectivity index (χ3n) is 6.26. The van der Waals surface area contributed by atoms with Gasteiger partial charge in [-0.05, 0) is 60.9 Å². The maximum absolute atomic E-state index is 12.9. The molecule has 0 spiro atoms. The van der Waals surface area contributed by atoms with Crippen LogP contribution < -0.4 is 15.4 Å². The molecule has 1 aromatic heterocycles. The molecule has 1 aliphatic heterocycles. The number of halogens is 2. The van der Waals surface area contributed by atoms with Crippen LogP contribution in [-0.4, -0.2) is 48.1 Å². The largest absolute Gasteiger partial charge is 0.493 e. The van der Waals surface area contributed by atoms with Gasteiger partial charge in [0.1, 0.15) is 11.6 Å². The summed E-state index contributed by atoms with van der Waals surface area (Å²) < 4.78 is 5.98. The summed E-state index contributed by atoms with van der Waals surface area (Å²) in [6, 6.07) is 19.6. The molecule has 1 fully saturated rings. The Morgan fingerprint density at radius 3 is 2.70 bits per heavy atom. The molecule has 1 amide bonds. The number of aromatic nitrogens is 1. The van der Waals surface area contributed by atoms with E-state index in [9.17, 15) is 4.79 Å². The Kier molecular flexibility index (Phi) is 10.8. The molecular weight excluding hydrogens is 507 g/mol. The molecule has 0 saturated carbocycles. The lowest BCUT2D eigenvalue weighted by molar-refractivity contribution is 0.102. The number of amides is 1. The molecule has 1 atom stereocenters. The van der Waals surface area contributed by atoms with E-state index < -0.39 is 0 Å². The number of nitrogens with one attached hydrogen (secondary N) is 2. The summed E-state index contributed by atoms with van der Waals surface area (Å²) in [6.45, 7) is 11.0. The van der Waals surface area contributed by atoms with Gasteiger partial charge in [-0.25, -0.2) is 4.98 Å². The molecule has 1 saturated heterocycles. The van der Waals surface area contributed by atoms with Gasteiger partial charge in [-0.1, -0.05) is 43.6 Å². The van der Waals surface area contributed by atoms with Crippen molar-refractivity contribution in [3.8, 4) is 5.75 Å². The zero-order valence-electron chi connectivity index (χ0n) is 21.7. The SMILES string of the molecule is CC(C)COc1ccc(Cl)cc1Cc1cccc(NC(=O)c2ccc(CN3CCNCC3C)cc2)n1.Cl. The Bertz CT molecular complexity index is 1170. The molecular formula is C29H36Cl2N4O2. The summed E-state index contributed by atoms with van der Waals surface area (Å²) in [5.41, 5.74) is 3.61. The molecule has 2 aromatic carbocycles. The van der Waals surface area contributed by atoms with Crippen molar-refractivity contribution in [2.24, 2.45) is 5.92 Å². The fourth-order valence-electron chi connectivity index (χ4n) is 4.23. The van der Waals surface area contributed by atoms with Crippen molar-refractivity contribution in [3.63, 3.8) is 0 Å². The summed E-state index contributed by atoms with van der Waals surface area (Å²) in [6.07, 6.45) is 0.552. The van der Waals surface area contributed by atoms with Gasteiger partial charge in [-0.15, -0.1) is 12.4 Å². The average molecular weight is 544 g/mol. The number of piperazine rings is 1. The quantitative estimate of drug-likeness (QED) is 0.356. The van der Waals surface area contributed by atoms with Gasteiger partial charge in [-0.3, -0.25) is 9.69 Å². The summed E-state index contributed by atoms with van der Waals surface area (Å²) >= 11 is 6.25. The van der Waals surface area contributed by atoms with Crippen LogP contribution in [0, 0.1) is 5.92 Å². The van der Waals surface area contributed by atoms with E-state index in [2.05, 4.69) is 41.3 Å². The van der Waals surface area contributed by atoms with E-state index in [1.165, 1.54) is 5.56 Å². The van der Waals surface area contributed by atoms with Crippen LogP contribution in [0.5, 0.6) is 5.75 Å². The predicted octanol–water partition coefficient (Wildman–Crippen LogP) is 5.83. The van der Waals surface area contributed by atoms with Crippen molar-refractivity contribution in [3.05, 3.63) is 88.1 Å². The van der Waals surface area contributed by atoms with Gasteiger partial charge in [-0.2, -0.15) is 0 Å². The Balaban J connectivity index is 0.00000380. The van der Waals surface area contributed by atoms with Gasteiger partial charge in [0.2, 0.25) is 0 Å². The summed E-state index contributed by atoms with van der Waals surface area (Å²) in [5, 5.41) is 7.00. The second-order valence-corrected chi connectivity index (χ2v) is 10.3. The highest BCUT2D eigenvalue weighted by molar-refractivity contribution is 6.30. The molecule has 2 heterocycles. The van der Waals surface area contributed by atoms with E-state index in [1.54, 1.807) is 6.07 Å². The first-order valence-electron chi connectivity index (χ1n) is 12.6. The van der Waals surface area contributed by atoms with Gasteiger partial charge < -0.3 is 15.4 Å². The van der Waals surface area contributed by atoms with Gasteiger partial charge in [0.15, 0.2) is 0 Å². The van der Waals surface area contributed by atoms with Gasteiger partial charge in [0, 0.05) is 60.5 Å². The normalized spacial score (nSPS) is 15.8. The molecule has 198 valence electrons. The lowest BCUT2D eigenvalue weighted by Gasteiger charge is -2.33. The number of ether oxygens (including phenoxy) is 1. The van der Waals surface area contributed by atoms with E-state index in [0.717, 1.165) is 43.2 Å². The standard InChI is InChI=1S/C29H35ClN4O2.ClH/c1-20(2)19-36-27-12-11-25(30)15-24(27)16-26-5-4-6-28(32-26)33-29(35)23-9-7-22(8-10-23)18-34-14-13-31-17-21(34)3;/h4-12,15,20-21,31H,13-14,16-19H2,1-3H3,(H,32,33,35);1H. The minimum absolute atomic E-state index is 0. The van der Waals surface area contributed by atoms with Crippen molar-refractivity contribution in [2.45, 2.75) is 39.8 Å². The van der Waals surface area contributed by atoms with Gasteiger partial charge >= 0.3 is 0 Å².